The minimum Gasteiger partial charge on any atom is -0.338 e. The number of fused-ring (bicyclic) bond motifs is 1. The molecule has 2 aliphatic rings. The molecule has 6 heteroatoms. The zero-order valence-electron chi connectivity index (χ0n) is 11.4. The van der Waals surface area contributed by atoms with Crippen molar-refractivity contribution in [2.45, 2.75) is 0 Å². The summed E-state index contributed by atoms with van der Waals surface area (Å²) >= 11 is 0. The molecule has 2 saturated heterocycles. The van der Waals surface area contributed by atoms with Crippen LogP contribution in [0.5, 0.6) is 0 Å². The second kappa shape index (κ2) is 4.86. The van der Waals surface area contributed by atoms with Gasteiger partial charge < -0.3 is 9.80 Å². The molecule has 1 aromatic rings. The number of carbonyl (C=O) groups is 1. The van der Waals surface area contributed by atoms with E-state index < -0.39 is 4.92 Å². The lowest BCUT2D eigenvalue weighted by Gasteiger charge is -2.19. The topological polar surface area (TPSA) is 66.7 Å². The normalized spacial score (nSPS) is 25.8. The summed E-state index contributed by atoms with van der Waals surface area (Å²) in [5, 5.41) is 10.6. The van der Waals surface area contributed by atoms with Crippen molar-refractivity contribution >= 4 is 11.6 Å². The van der Waals surface area contributed by atoms with Gasteiger partial charge >= 0.3 is 0 Å². The van der Waals surface area contributed by atoms with Crippen molar-refractivity contribution in [3.63, 3.8) is 0 Å². The smallest absolute Gasteiger partial charge is 0.269 e. The van der Waals surface area contributed by atoms with E-state index in [1.54, 1.807) is 12.1 Å². The number of non-ortho nitro benzene ring substituents is 1. The summed E-state index contributed by atoms with van der Waals surface area (Å²) in [7, 11) is 2.11. The second-order valence-electron chi connectivity index (χ2n) is 5.76. The average Bonchev–Trinajstić information content (AvgIpc) is 2.95. The lowest BCUT2D eigenvalue weighted by atomic mass is 10.0. The molecule has 2 aliphatic heterocycles. The van der Waals surface area contributed by atoms with E-state index in [1.807, 2.05) is 4.90 Å². The summed E-state index contributed by atoms with van der Waals surface area (Å²) in [6.45, 7) is 3.69. The van der Waals surface area contributed by atoms with E-state index in [2.05, 4.69) is 11.9 Å². The first-order chi connectivity index (χ1) is 9.54. The Morgan fingerprint density at radius 3 is 2.20 bits per heavy atom. The van der Waals surface area contributed by atoms with E-state index in [-0.39, 0.29) is 11.6 Å². The van der Waals surface area contributed by atoms with Gasteiger partial charge in [0.05, 0.1) is 4.92 Å². The van der Waals surface area contributed by atoms with Crippen LogP contribution in [0, 0.1) is 22.0 Å². The van der Waals surface area contributed by atoms with E-state index in [4.69, 9.17) is 0 Å². The number of benzene rings is 1. The minimum atomic E-state index is -0.454. The van der Waals surface area contributed by atoms with Gasteiger partial charge in [-0.25, -0.2) is 0 Å². The fourth-order valence-corrected chi connectivity index (χ4v) is 3.30. The van der Waals surface area contributed by atoms with Crippen molar-refractivity contribution in [2.75, 3.05) is 33.2 Å². The third-order valence-electron chi connectivity index (χ3n) is 4.28. The monoisotopic (exact) mass is 275 g/mol. The lowest BCUT2D eigenvalue weighted by molar-refractivity contribution is -0.384. The number of hydrogen-bond acceptors (Lipinski definition) is 4. The highest BCUT2D eigenvalue weighted by atomic mass is 16.6. The van der Waals surface area contributed by atoms with Crippen LogP contribution in [0.3, 0.4) is 0 Å². The summed E-state index contributed by atoms with van der Waals surface area (Å²) in [6, 6.07) is 5.86. The molecule has 0 aliphatic carbocycles. The summed E-state index contributed by atoms with van der Waals surface area (Å²) in [6.07, 6.45) is 0. The third kappa shape index (κ3) is 2.27. The van der Waals surface area contributed by atoms with Crippen LogP contribution in [0.25, 0.3) is 0 Å². The molecule has 106 valence electrons. The van der Waals surface area contributed by atoms with Crippen LogP contribution in [0.4, 0.5) is 5.69 Å². The SMILES string of the molecule is CN1CC2CN(C(=O)c3ccc([N+](=O)[O-])cc3)CC2C1. The van der Waals surface area contributed by atoms with Crippen molar-refractivity contribution in [3.8, 4) is 0 Å². The van der Waals surface area contributed by atoms with Crippen LogP contribution in [-0.2, 0) is 0 Å². The zero-order valence-corrected chi connectivity index (χ0v) is 11.4. The molecule has 2 atom stereocenters. The Bertz CT molecular complexity index is 529. The number of hydrogen-bond donors (Lipinski definition) is 0. The Labute approximate surface area is 117 Å². The molecule has 3 rings (SSSR count). The maximum absolute atomic E-state index is 12.4. The van der Waals surface area contributed by atoms with Crippen LogP contribution in [0.1, 0.15) is 10.4 Å². The first-order valence-corrected chi connectivity index (χ1v) is 6.77. The van der Waals surface area contributed by atoms with Gasteiger partial charge in [-0.05, 0) is 31.0 Å². The number of rotatable bonds is 2. The number of amides is 1. The third-order valence-corrected chi connectivity index (χ3v) is 4.28. The molecule has 0 N–H and O–H groups in total. The molecule has 2 heterocycles. The van der Waals surface area contributed by atoms with E-state index in [9.17, 15) is 14.9 Å². The zero-order chi connectivity index (χ0) is 14.3. The minimum absolute atomic E-state index is 0.0152. The molecular weight excluding hydrogens is 258 g/mol. The van der Waals surface area contributed by atoms with Crippen molar-refractivity contribution in [1.29, 1.82) is 0 Å². The molecule has 6 nitrogen and oxygen atoms in total. The Balaban J connectivity index is 1.69. The predicted molar refractivity (Wildman–Crippen MR) is 73.5 cm³/mol. The molecule has 0 aromatic heterocycles. The lowest BCUT2D eigenvalue weighted by Crippen LogP contribution is -2.32. The molecular formula is C14H17N3O3. The van der Waals surface area contributed by atoms with Crippen molar-refractivity contribution in [1.82, 2.24) is 9.80 Å². The van der Waals surface area contributed by atoms with Gasteiger partial charge in [-0.1, -0.05) is 0 Å². The summed E-state index contributed by atoms with van der Waals surface area (Å²) in [4.78, 5) is 26.7. The summed E-state index contributed by atoms with van der Waals surface area (Å²) in [5.74, 6) is 1.13. The molecule has 1 amide bonds. The van der Waals surface area contributed by atoms with E-state index in [1.165, 1.54) is 12.1 Å². The van der Waals surface area contributed by atoms with Gasteiger partial charge in [0.1, 0.15) is 0 Å². The maximum Gasteiger partial charge on any atom is 0.269 e. The molecule has 1 aromatic carbocycles. The predicted octanol–water partition coefficient (Wildman–Crippen LogP) is 1.23. The highest BCUT2D eigenvalue weighted by Crippen LogP contribution is 2.31. The largest absolute Gasteiger partial charge is 0.338 e. The van der Waals surface area contributed by atoms with Gasteiger partial charge in [-0.3, -0.25) is 14.9 Å². The highest BCUT2D eigenvalue weighted by Gasteiger charge is 2.40. The second-order valence-corrected chi connectivity index (χ2v) is 5.76. The summed E-state index contributed by atoms with van der Waals surface area (Å²) in [5.41, 5.74) is 0.547. The van der Waals surface area contributed by atoms with Gasteiger partial charge in [-0.2, -0.15) is 0 Å². The van der Waals surface area contributed by atoms with Gasteiger partial charge in [0.15, 0.2) is 0 Å². The highest BCUT2D eigenvalue weighted by molar-refractivity contribution is 5.94. The van der Waals surface area contributed by atoms with Crippen LogP contribution in [0.15, 0.2) is 24.3 Å². The van der Waals surface area contributed by atoms with Crippen molar-refractivity contribution in [3.05, 3.63) is 39.9 Å². The standard InChI is InChI=1S/C14H17N3O3/c1-15-6-11-8-16(9-12(11)7-15)14(18)10-2-4-13(5-3-10)17(19)20/h2-5,11-12H,6-9H2,1H3. The van der Waals surface area contributed by atoms with Gasteiger partial charge in [0, 0.05) is 43.9 Å². The number of nitrogens with zero attached hydrogens (tertiary/aromatic N) is 3. The molecule has 0 spiro atoms. The molecule has 0 bridgehead atoms. The number of nitro groups is 1. The van der Waals surface area contributed by atoms with Gasteiger partial charge in [-0.15, -0.1) is 0 Å². The summed E-state index contributed by atoms with van der Waals surface area (Å²) < 4.78 is 0. The Hall–Kier alpha value is -1.95. The average molecular weight is 275 g/mol. The van der Waals surface area contributed by atoms with Crippen LogP contribution in [0.2, 0.25) is 0 Å². The van der Waals surface area contributed by atoms with E-state index >= 15 is 0 Å². The van der Waals surface area contributed by atoms with Gasteiger partial charge in [0.2, 0.25) is 0 Å². The molecule has 20 heavy (non-hydrogen) atoms. The first-order valence-electron chi connectivity index (χ1n) is 6.77. The fraction of sp³-hybridized carbons (Fsp3) is 0.500. The van der Waals surface area contributed by atoms with Crippen LogP contribution < -0.4 is 0 Å². The van der Waals surface area contributed by atoms with E-state index in [0.29, 0.717) is 17.4 Å². The molecule has 0 radical (unpaired) electrons. The maximum atomic E-state index is 12.4. The Kier molecular flexibility index (Phi) is 3.17. The molecule has 0 saturated carbocycles. The quantitative estimate of drug-likeness (QED) is 0.601. The number of likely N-dealkylation sites (tertiary alicyclic amines) is 2. The number of carbonyl (C=O) groups excluding carboxylic acids is 1. The Morgan fingerprint density at radius 2 is 1.70 bits per heavy atom. The Morgan fingerprint density at radius 1 is 1.15 bits per heavy atom. The van der Waals surface area contributed by atoms with Crippen molar-refractivity contribution in [2.24, 2.45) is 11.8 Å². The van der Waals surface area contributed by atoms with E-state index in [0.717, 1.165) is 26.2 Å². The molecule has 2 unspecified atom stereocenters. The number of nitro benzene ring substituents is 1. The van der Waals surface area contributed by atoms with Gasteiger partial charge in [0.25, 0.3) is 11.6 Å². The van der Waals surface area contributed by atoms with Crippen LogP contribution in [-0.4, -0.2) is 53.9 Å². The molecule has 2 fully saturated rings. The first kappa shape index (κ1) is 13.1. The fourth-order valence-electron chi connectivity index (χ4n) is 3.30. The van der Waals surface area contributed by atoms with Crippen LogP contribution >= 0.6 is 0 Å². The van der Waals surface area contributed by atoms with Crippen molar-refractivity contribution < 1.29 is 9.72 Å².